The van der Waals surface area contributed by atoms with E-state index in [0.29, 0.717) is 4.91 Å². The molecular weight excluding hydrogens is 238 g/mol. The summed E-state index contributed by atoms with van der Waals surface area (Å²) in [6, 6.07) is 9.38. The SMILES string of the molecule is CCON1C(=O)SC(=Cc2ccccc2)C1=O. The monoisotopic (exact) mass is 249 g/mol. The van der Waals surface area contributed by atoms with Crippen LogP contribution in [-0.2, 0) is 9.63 Å². The highest BCUT2D eigenvalue weighted by Crippen LogP contribution is 2.32. The maximum atomic E-state index is 11.8. The number of hydroxylamine groups is 2. The van der Waals surface area contributed by atoms with Gasteiger partial charge in [0, 0.05) is 0 Å². The molecule has 2 amide bonds. The van der Waals surface area contributed by atoms with Crippen LogP contribution in [0.4, 0.5) is 4.79 Å². The highest BCUT2D eigenvalue weighted by Gasteiger charge is 2.36. The molecule has 17 heavy (non-hydrogen) atoms. The second-order valence-electron chi connectivity index (χ2n) is 3.30. The molecule has 0 spiro atoms. The lowest BCUT2D eigenvalue weighted by Gasteiger charge is -2.09. The number of nitrogens with zero attached hydrogens (tertiary/aromatic N) is 1. The van der Waals surface area contributed by atoms with Crippen molar-refractivity contribution in [2.75, 3.05) is 6.61 Å². The maximum absolute atomic E-state index is 11.8. The average molecular weight is 249 g/mol. The summed E-state index contributed by atoms with van der Waals surface area (Å²) < 4.78 is 0. The van der Waals surface area contributed by atoms with Gasteiger partial charge in [0.15, 0.2) is 0 Å². The van der Waals surface area contributed by atoms with Crippen molar-refractivity contribution >= 4 is 29.0 Å². The Morgan fingerprint density at radius 2 is 2.00 bits per heavy atom. The van der Waals surface area contributed by atoms with E-state index in [4.69, 9.17) is 4.84 Å². The van der Waals surface area contributed by atoms with Crippen molar-refractivity contribution < 1.29 is 14.4 Å². The minimum Gasteiger partial charge on any atom is -0.266 e. The number of imide groups is 1. The molecule has 0 radical (unpaired) electrons. The lowest BCUT2D eigenvalue weighted by atomic mass is 10.2. The average Bonchev–Trinajstić information content (AvgIpc) is 2.59. The van der Waals surface area contributed by atoms with E-state index < -0.39 is 5.91 Å². The molecule has 1 saturated heterocycles. The van der Waals surface area contributed by atoms with Crippen LogP contribution in [0.25, 0.3) is 6.08 Å². The molecule has 0 atom stereocenters. The molecule has 1 fully saturated rings. The van der Waals surface area contributed by atoms with E-state index in [9.17, 15) is 9.59 Å². The van der Waals surface area contributed by atoms with Gasteiger partial charge in [0.1, 0.15) is 0 Å². The van der Waals surface area contributed by atoms with E-state index >= 15 is 0 Å². The van der Waals surface area contributed by atoms with Gasteiger partial charge in [-0.15, -0.1) is 5.06 Å². The van der Waals surface area contributed by atoms with Crippen molar-refractivity contribution in [3.05, 3.63) is 40.8 Å². The van der Waals surface area contributed by atoms with Crippen LogP contribution in [0.15, 0.2) is 35.2 Å². The Balaban J connectivity index is 2.22. The van der Waals surface area contributed by atoms with Crippen molar-refractivity contribution in [3.8, 4) is 0 Å². The summed E-state index contributed by atoms with van der Waals surface area (Å²) in [4.78, 5) is 28.6. The van der Waals surface area contributed by atoms with Crippen LogP contribution in [0.5, 0.6) is 0 Å². The van der Waals surface area contributed by atoms with Crippen LogP contribution in [0.2, 0.25) is 0 Å². The first kappa shape index (κ1) is 11.9. The summed E-state index contributed by atoms with van der Waals surface area (Å²) in [5, 5.41) is 0.415. The summed E-state index contributed by atoms with van der Waals surface area (Å²) in [6.07, 6.45) is 1.68. The lowest BCUT2D eigenvalue weighted by Crippen LogP contribution is -2.28. The summed E-state index contributed by atoms with van der Waals surface area (Å²) in [7, 11) is 0. The van der Waals surface area contributed by atoms with E-state index in [2.05, 4.69) is 0 Å². The van der Waals surface area contributed by atoms with Gasteiger partial charge in [-0.05, 0) is 30.3 Å². The maximum Gasteiger partial charge on any atom is 0.317 e. The fourth-order valence-corrected chi connectivity index (χ4v) is 2.17. The standard InChI is InChI=1S/C12H11NO3S/c1-2-16-13-11(14)10(17-12(13)15)8-9-6-4-3-5-7-9/h3-8H,2H2,1H3. The van der Waals surface area contributed by atoms with Crippen LogP contribution in [0.1, 0.15) is 12.5 Å². The van der Waals surface area contributed by atoms with E-state index in [1.165, 1.54) is 0 Å². The molecule has 1 aliphatic rings. The fraction of sp³-hybridized carbons (Fsp3) is 0.167. The summed E-state index contributed by atoms with van der Waals surface area (Å²) >= 11 is 0.890. The zero-order valence-electron chi connectivity index (χ0n) is 9.25. The molecule has 4 nitrogen and oxygen atoms in total. The zero-order chi connectivity index (χ0) is 12.3. The van der Waals surface area contributed by atoms with Gasteiger partial charge in [-0.1, -0.05) is 30.3 Å². The van der Waals surface area contributed by atoms with Crippen LogP contribution in [-0.4, -0.2) is 22.8 Å². The van der Waals surface area contributed by atoms with Crippen molar-refractivity contribution in [1.29, 1.82) is 0 Å². The van der Waals surface area contributed by atoms with Gasteiger partial charge in [0.2, 0.25) is 0 Å². The van der Waals surface area contributed by atoms with Gasteiger partial charge in [0.05, 0.1) is 11.5 Å². The Kier molecular flexibility index (Phi) is 3.61. The third-order valence-electron chi connectivity index (χ3n) is 2.11. The summed E-state index contributed by atoms with van der Waals surface area (Å²) in [5.41, 5.74) is 0.884. The highest BCUT2D eigenvalue weighted by atomic mass is 32.2. The zero-order valence-corrected chi connectivity index (χ0v) is 10.1. The number of rotatable bonds is 3. The molecule has 0 aliphatic carbocycles. The van der Waals surface area contributed by atoms with E-state index in [1.807, 2.05) is 30.3 Å². The molecule has 1 heterocycles. The fourth-order valence-electron chi connectivity index (χ4n) is 1.39. The van der Waals surface area contributed by atoms with Crippen molar-refractivity contribution in [1.82, 2.24) is 5.06 Å². The Labute approximate surface area is 103 Å². The molecular formula is C12H11NO3S. The summed E-state index contributed by atoms with van der Waals surface area (Å²) in [5.74, 6) is -0.397. The molecule has 88 valence electrons. The largest absolute Gasteiger partial charge is 0.317 e. The molecule has 1 aromatic rings. The van der Waals surface area contributed by atoms with Crippen LogP contribution in [0, 0.1) is 0 Å². The quantitative estimate of drug-likeness (QED) is 0.773. The second-order valence-corrected chi connectivity index (χ2v) is 4.30. The molecule has 2 rings (SSSR count). The number of thioether (sulfide) groups is 1. The molecule has 0 N–H and O–H groups in total. The number of amides is 2. The minimum atomic E-state index is -0.397. The van der Waals surface area contributed by atoms with Crippen molar-refractivity contribution in [3.63, 3.8) is 0 Å². The molecule has 1 aromatic carbocycles. The van der Waals surface area contributed by atoms with Gasteiger partial charge >= 0.3 is 5.24 Å². The summed E-state index contributed by atoms with van der Waals surface area (Å²) in [6.45, 7) is 2.01. The molecule has 0 saturated carbocycles. The first-order chi connectivity index (χ1) is 8.22. The topological polar surface area (TPSA) is 46.6 Å². The Morgan fingerprint density at radius 3 is 2.65 bits per heavy atom. The lowest BCUT2D eigenvalue weighted by molar-refractivity contribution is -0.157. The third kappa shape index (κ3) is 2.57. The number of carbonyl (C=O) groups excluding carboxylic acids is 2. The van der Waals surface area contributed by atoms with Crippen molar-refractivity contribution in [2.24, 2.45) is 0 Å². The molecule has 0 aromatic heterocycles. The van der Waals surface area contributed by atoms with Gasteiger partial charge < -0.3 is 0 Å². The number of benzene rings is 1. The van der Waals surface area contributed by atoms with Gasteiger partial charge in [-0.2, -0.15) is 0 Å². The molecule has 5 heteroatoms. The molecule has 1 aliphatic heterocycles. The Bertz CT molecular complexity index is 470. The Hall–Kier alpha value is -1.59. The predicted molar refractivity (Wildman–Crippen MR) is 65.9 cm³/mol. The van der Waals surface area contributed by atoms with Crippen LogP contribution >= 0.6 is 11.8 Å². The molecule has 0 bridgehead atoms. The van der Waals surface area contributed by atoms with Crippen LogP contribution < -0.4 is 0 Å². The van der Waals surface area contributed by atoms with Crippen molar-refractivity contribution in [2.45, 2.75) is 6.92 Å². The number of carbonyl (C=O) groups is 2. The normalized spacial score (nSPS) is 18.2. The third-order valence-corrected chi connectivity index (χ3v) is 2.97. The van der Waals surface area contributed by atoms with E-state index in [0.717, 1.165) is 22.4 Å². The number of hydrogen-bond acceptors (Lipinski definition) is 4. The smallest absolute Gasteiger partial charge is 0.266 e. The van der Waals surface area contributed by atoms with Crippen LogP contribution in [0.3, 0.4) is 0 Å². The second kappa shape index (κ2) is 5.16. The van der Waals surface area contributed by atoms with Gasteiger partial charge in [-0.25, -0.2) is 0 Å². The Morgan fingerprint density at radius 1 is 1.29 bits per heavy atom. The highest BCUT2D eigenvalue weighted by molar-refractivity contribution is 8.18. The predicted octanol–water partition coefficient (Wildman–Crippen LogP) is 2.67. The van der Waals surface area contributed by atoms with Gasteiger partial charge in [-0.3, -0.25) is 14.4 Å². The number of hydrogen-bond donors (Lipinski definition) is 0. The minimum absolute atomic E-state index is 0.288. The first-order valence-corrected chi connectivity index (χ1v) is 6.00. The van der Waals surface area contributed by atoms with E-state index in [-0.39, 0.29) is 11.8 Å². The van der Waals surface area contributed by atoms with E-state index in [1.54, 1.807) is 13.0 Å². The molecule has 0 unspecified atom stereocenters. The first-order valence-electron chi connectivity index (χ1n) is 5.18. The van der Waals surface area contributed by atoms with Gasteiger partial charge in [0.25, 0.3) is 5.91 Å².